The monoisotopic (exact) mass is 223 g/mol. The Balaban J connectivity index is 2.39. The first kappa shape index (κ1) is 9.90. The third kappa shape index (κ3) is 1.47. The summed E-state index contributed by atoms with van der Waals surface area (Å²) in [7, 11) is 0. The van der Waals surface area contributed by atoms with Gasteiger partial charge in [0.15, 0.2) is 0 Å². The number of fused-ring (bicyclic) bond motifs is 1. The molecule has 17 heavy (non-hydrogen) atoms. The summed E-state index contributed by atoms with van der Waals surface area (Å²) in [6, 6.07) is 12.5. The van der Waals surface area contributed by atoms with Crippen molar-refractivity contribution >= 4 is 16.5 Å². The molecule has 1 aromatic heterocycles. The Hall–Kier alpha value is -2.29. The van der Waals surface area contributed by atoms with Crippen molar-refractivity contribution in [2.75, 3.05) is 5.73 Å². The molecule has 0 atom stereocenters. The summed E-state index contributed by atoms with van der Waals surface area (Å²) in [5, 5.41) is 9.38. The lowest BCUT2D eigenvalue weighted by Crippen LogP contribution is -1.89. The second kappa shape index (κ2) is 3.63. The van der Waals surface area contributed by atoms with Crippen LogP contribution in [-0.2, 0) is 0 Å². The molecule has 0 aliphatic heterocycles. The van der Waals surface area contributed by atoms with E-state index in [-0.39, 0.29) is 0 Å². The van der Waals surface area contributed by atoms with Gasteiger partial charge in [-0.05, 0) is 23.3 Å². The van der Waals surface area contributed by atoms with Crippen LogP contribution in [0.1, 0.15) is 5.56 Å². The van der Waals surface area contributed by atoms with Crippen LogP contribution in [0.2, 0.25) is 0 Å². The number of nitrogens with one attached hydrogen (secondary N) is 1. The largest absolute Gasteiger partial charge is 0.396 e. The fraction of sp³-hybridized carbons (Fsp3) is 0.0714. The van der Waals surface area contributed by atoms with E-state index in [1.165, 1.54) is 16.3 Å². The molecule has 0 saturated heterocycles. The topological polar surface area (TPSA) is 54.7 Å². The van der Waals surface area contributed by atoms with Gasteiger partial charge >= 0.3 is 0 Å². The van der Waals surface area contributed by atoms with Crippen molar-refractivity contribution < 1.29 is 0 Å². The van der Waals surface area contributed by atoms with Gasteiger partial charge in [-0.3, -0.25) is 5.10 Å². The van der Waals surface area contributed by atoms with E-state index in [4.69, 9.17) is 5.73 Å². The summed E-state index contributed by atoms with van der Waals surface area (Å²) in [6.45, 7) is 2.11. The molecular formula is C14H13N3. The summed E-state index contributed by atoms with van der Waals surface area (Å²) in [6.07, 6.45) is 1.64. The van der Waals surface area contributed by atoms with Gasteiger partial charge in [-0.25, -0.2) is 0 Å². The molecule has 0 aliphatic rings. The number of H-pyrrole nitrogens is 1. The predicted molar refractivity (Wildman–Crippen MR) is 70.7 cm³/mol. The van der Waals surface area contributed by atoms with Crippen molar-refractivity contribution in [3.63, 3.8) is 0 Å². The van der Waals surface area contributed by atoms with Gasteiger partial charge in [-0.1, -0.05) is 36.4 Å². The lowest BCUT2D eigenvalue weighted by molar-refractivity contribution is 1.10. The Morgan fingerprint density at radius 2 is 1.82 bits per heavy atom. The summed E-state index contributed by atoms with van der Waals surface area (Å²) >= 11 is 0. The van der Waals surface area contributed by atoms with Crippen LogP contribution in [0.3, 0.4) is 0 Å². The van der Waals surface area contributed by atoms with Gasteiger partial charge in [-0.2, -0.15) is 5.10 Å². The first-order chi connectivity index (χ1) is 8.27. The minimum absolute atomic E-state index is 0.680. The summed E-state index contributed by atoms with van der Waals surface area (Å²) in [5.74, 6) is 0. The Morgan fingerprint density at radius 3 is 2.53 bits per heavy atom. The summed E-state index contributed by atoms with van der Waals surface area (Å²) in [5.41, 5.74) is 9.84. The number of aromatic amines is 1. The van der Waals surface area contributed by atoms with Gasteiger partial charge in [0.05, 0.1) is 17.6 Å². The summed E-state index contributed by atoms with van der Waals surface area (Å²) in [4.78, 5) is 0. The number of hydrogen-bond donors (Lipinski definition) is 2. The Labute approximate surface area is 99.3 Å². The zero-order valence-electron chi connectivity index (χ0n) is 9.57. The fourth-order valence-electron chi connectivity index (χ4n) is 2.18. The highest BCUT2D eigenvalue weighted by atomic mass is 15.1. The van der Waals surface area contributed by atoms with Gasteiger partial charge in [0.1, 0.15) is 0 Å². The Morgan fingerprint density at radius 1 is 1.06 bits per heavy atom. The molecule has 0 aliphatic carbocycles. The average molecular weight is 223 g/mol. The Kier molecular flexibility index (Phi) is 2.11. The molecule has 2 aromatic carbocycles. The highest BCUT2D eigenvalue weighted by molar-refractivity contribution is 5.99. The minimum Gasteiger partial charge on any atom is -0.396 e. The van der Waals surface area contributed by atoms with Crippen LogP contribution in [-0.4, -0.2) is 10.2 Å². The van der Waals surface area contributed by atoms with Gasteiger partial charge in [0, 0.05) is 5.56 Å². The molecule has 3 heteroatoms. The molecule has 0 unspecified atom stereocenters. The molecule has 3 aromatic rings. The van der Waals surface area contributed by atoms with Crippen molar-refractivity contribution in [1.29, 1.82) is 0 Å². The van der Waals surface area contributed by atoms with E-state index in [1.807, 2.05) is 6.07 Å². The smallest absolute Gasteiger partial charge is 0.0886 e. The number of benzene rings is 2. The van der Waals surface area contributed by atoms with E-state index in [0.717, 1.165) is 11.3 Å². The zero-order valence-corrected chi connectivity index (χ0v) is 9.57. The highest BCUT2D eigenvalue weighted by Crippen LogP contribution is 2.31. The van der Waals surface area contributed by atoms with Crippen LogP contribution in [0, 0.1) is 6.92 Å². The van der Waals surface area contributed by atoms with Crippen LogP contribution in [0.4, 0.5) is 5.69 Å². The number of anilines is 1. The van der Waals surface area contributed by atoms with E-state index in [9.17, 15) is 0 Å². The second-order valence-electron chi connectivity index (χ2n) is 4.18. The molecule has 84 valence electrons. The van der Waals surface area contributed by atoms with Gasteiger partial charge in [-0.15, -0.1) is 0 Å². The lowest BCUT2D eigenvalue weighted by atomic mass is 9.98. The van der Waals surface area contributed by atoms with Crippen molar-refractivity contribution in [2.45, 2.75) is 6.92 Å². The Bertz CT molecular complexity index is 683. The first-order valence-electron chi connectivity index (χ1n) is 5.55. The van der Waals surface area contributed by atoms with Gasteiger partial charge in [0.2, 0.25) is 0 Å². The lowest BCUT2D eigenvalue weighted by Gasteiger charge is -2.08. The zero-order chi connectivity index (χ0) is 11.8. The number of nitrogens with two attached hydrogens (primary N) is 1. The normalized spacial score (nSPS) is 10.9. The molecule has 3 rings (SSSR count). The van der Waals surface area contributed by atoms with E-state index in [2.05, 4.69) is 47.5 Å². The standard InChI is InChI=1S/C14H13N3/c1-9-6-7-12(14-13(15)8-16-17-14)11-5-3-2-4-10(9)11/h2-8H,15H2,1H3,(H,16,17). The number of nitrogens with zero attached hydrogens (tertiary/aromatic N) is 1. The molecule has 0 bridgehead atoms. The quantitative estimate of drug-likeness (QED) is 0.666. The number of nitrogen functional groups attached to an aromatic ring is 1. The maximum atomic E-state index is 5.91. The first-order valence-corrected chi connectivity index (χ1v) is 5.55. The molecule has 0 radical (unpaired) electrons. The molecular weight excluding hydrogens is 210 g/mol. The third-order valence-electron chi connectivity index (χ3n) is 3.08. The number of hydrogen-bond acceptors (Lipinski definition) is 2. The van der Waals surface area contributed by atoms with Crippen molar-refractivity contribution in [3.05, 3.63) is 48.2 Å². The molecule has 3 nitrogen and oxygen atoms in total. The van der Waals surface area contributed by atoms with Crippen molar-refractivity contribution in [3.8, 4) is 11.3 Å². The van der Waals surface area contributed by atoms with E-state index >= 15 is 0 Å². The number of rotatable bonds is 1. The molecule has 0 fully saturated rings. The average Bonchev–Trinajstić information content (AvgIpc) is 2.77. The van der Waals surface area contributed by atoms with E-state index in [1.54, 1.807) is 6.20 Å². The van der Waals surface area contributed by atoms with E-state index < -0.39 is 0 Å². The predicted octanol–water partition coefficient (Wildman–Crippen LogP) is 3.12. The van der Waals surface area contributed by atoms with Crippen LogP contribution in [0.25, 0.3) is 22.0 Å². The molecule has 0 spiro atoms. The minimum atomic E-state index is 0.680. The number of aromatic nitrogens is 2. The van der Waals surface area contributed by atoms with Gasteiger partial charge < -0.3 is 5.73 Å². The van der Waals surface area contributed by atoms with Gasteiger partial charge in [0.25, 0.3) is 0 Å². The van der Waals surface area contributed by atoms with E-state index in [0.29, 0.717) is 5.69 Å². The highest BCUT2D eigenvalue weighted by Gasteiger charge is 2.09. The van der Waals surface area contributed by atoms with Crippen LogP contribution in [0.15, 0.2) is 42.6 Å². The molecule has 1 heterocycles. The fourth-order valence-corrected chi connectivity index (χ4v) is 2.18. The molecule has 0 amide bonds. The van der Waals surface area contributed by atoms with Crippen LogP contribution < -0.4 is 5.73 Å². The maximum absolute atomic E-state index is 5.91. The maximum Gasteiger partial charge on any atom is 0.0886 e. The SMILES string of the molecule is Cc1ccc(-c2[nH]ncc2N)c2ccccc12. The molecule has 0 saturated carbocycles. The van der Waals surface area contributed by atoms with Crippen molar-refractivity contribution in [2.24, 2.45) is 0 Å². The van der Waals surface area contributed by atoms with Crippen LogP contribution >= 0.6 is 0 Å². The molecule has 3 N–H and O–H groups in total. The second-order valence-corrected chi connectivity index (χ2v) is 4.18. The van der Waals surface area contributed by atoms with Crippen LogP contribution in [0.5, 0.6) is 0 Å². The summed E-state index contributed by atoms with van der Waals surface area (Å²) < 4.78 is 0. The number of aryl methyl sites for hydroxylation is 1. The van der Waals surface area contributed by atoms with Crippen molar-refractivity contribution in [1.82, 2.24) is 10.2 Å². The third-order valence-corrected chi connectivity index (χ3v) is 3.08.